The van der Waals surface area contributed by atoms with Gasteiger partial charge in [0.1, 0.15) is 5.82 Å². The van der Waals surface area contributed by atoms with E-state index in [2.05, 4.69) is 12.6 Å². The van der Waals surface area contributed by atoms with Crippen molar-refractivity contribution >= 4 is 32.3 Å². The summed E-state index contributed by atoms with van der Waals surface area (Å²) in [5, 5.41) is 0. The molecule has 0 unspecified atom stereocenters. The predicted molar refractivity (Wildman–Crippen MR) is 86.3 cm³/mol. The fourth-order valence-electron chi connectivity index (χ4n) is 1.38. The maximum Gasteiger partial charge on any atom is 0.175 e. The van der Waals surface area contributed by atoms with Crippen molar-refractivity contribution in [2.24, 2.45) is 0 Å². The third-order valence-corrected chi connectivity index (χ3v) is 5.06. The molecule has 0 aliphatic rings. The fraction of sp³-hybridized carbons (Fsp3) is 0.143. The largest absolute Gasteiger partial charge is 0.224 e. The van der Waals surface area contributed by atoms with E-state index >= 15 is 0 Å². The molecule has 0 aliphatic heterocycles. The molecule has 0 bridgehead atoms. The monoisotopic (exact) mass is 362 g/mol. The molecule has 2 aromatic carbocycles. The summed E-state index contributed by atoms with van der Waals surface area (Å²) in [4.78, 5) is 1.23. The second-order valence-corrected chi connectivity index (χ2v) is 9.04. The zero-order valence-corrected chi connectivity index (χ0v) is 14.4. The van der Waals surface area contributed by atoms with Crippen LogP contribution in [-0.2, 0) is 19.7 Å². The Morgan fingerprint density at radius 1 is 0.727 bits per heavy atom. The average molecular weight is 362 g/mol. The number of thiol groups is 1. The van der Waals surface area contributed by atoms with Crippen LogP contribution in [0.5, 0.6) is 0 Å². The van der Waals surface area contributed by atoms with E-state index in [1.165, 1.54) is 30.5 Å². The van der Waals surface area contributed by atoms with E-state index in [9.17, 15) is 21.2 Å². The number of halogens is 1. The zero-order valence-electron chi connectivity index (χ0n) is 11.9. The van der Waals surface area contributed by atoms with E-state index in [4.69, 9.17) is 0 Å². The Balaban J connectivity index is 0.000000220. The van der Waals surface area contributed by atoms with Crippen molar-refractivity contribution in [2.75, 3.05) is 12.5 Å². The van der Waals surface area contributed by atoms with E-state index in [0.29, 0.717) is 4.90 Å². The van der Waals surface area contributed by atoms with Crippen molar-refractivity contribution in [1.29, 1.82) is 0 Å². The Morgan fingerprint density at radius 2 is 1.05 bits per heavy atom. The molecule has 2 rings (SSSR count). The first kappa shape index (κ1) is 18.7. The van der Waals surface area contributed by atoms with E-state index in [-0.39, 0.29) is 4.90 Å². The highest BCUT2D eigenvalue weighted by atomic mass is 32.2. The summed E-state index contributed by atoms with van der Waals surface area (Å²) in [5.74, 6) is -0.433. The standard InChI is InChI=1S/C7H7FO2S.C7H8O2S2/c1-11(9,10)7-4-2-6(8)3-5-7;1-11(8,9)7-4-2-6(10)3-5-7/h2-5H,1H3;2-5,10H,1H3. The lowest BCUT2D eigenvalue weighted by Gasteiger charge is -1.96. The molecule has 0 N–H and O–H groups in total. The highest BCUT2D eigenvalue weighted by molar-refractivity contribution is 7.91. The highest BCUT2D eigenvalue weighted by Crippen LogP contribution is 2.12. The summed E-state index contributed by atoms with van der Waals surface area (Å²) in [6.45, 7) is 0. The molecule has 2 aromatic rings. The van der Waals surface area contributed by atoms with Gasteiger partial charge in [0, 0.05) is 17.4 Å². The van der Waals surface area contributed by atoms with Crippen LogP contribution in [0.15, 0.2) is 63.2 Å². The van der Waals surface area contributed by atoms with Gasteiger partial charge in [0.2, 0.25) is 0 Å². The summed E-state index contributed by atoms with van der Waals surface area (Å²) >= 11 is 4.03. The van der Waals surface area contributed by atoms with Gasteiger partial charge in [0.05, 0.1) is 9.79 Å². The smallest absolute Gasteiger partial charge is 0.175 e. The summed E-state index contributed by atoms with van der Waals surface area (Å²) in [7, 11) is -6.24. The topological polar surface area (TPSA) is 68.3 Å². The minimum Gasteiger partial charge on any atom is -0.224 e. The van der Waals surface area contributed by atoms with Crippen LogP contribution in [0.3, 0.4) is 0 Å². The molecule has 0 spiro atoms. The molecule has 22 heavy (non-hydrogen) atoms. The lowest BCUT2D eigenvalue weighted by atomic mass is 10.4. The van der Waals surface area contributed by atoms with Gasteiger partial charge in [0.25, 0.3) is 0 Å². The van der Waals surface area contributed by atoms with Crippen LogP contribution < -0.4 is 0 Å². The average Bonchev–Trinajstić information content (AvgIpc) is 2.38. The van der Waals surface area contributed by atoms with Crippen LogP contribution >= 0.6 is 12.6 Å². The first-order valence-corrected chi connectivity index (χ1v) is 10.2. The maximum absolute atomic E-state index is 12.3. The normalized spacial score (nSPS) is 11.5. The lowest BCUT2D eigenvalue weighted by Crippen LogP contribution is -1.96. The minimum absolute atomic E-state index is 0.138. The molecule has 0 heterocycles. The molecule has 0 atom stereocenters. The van der Waals surface area contributed by atoms with E-state index in [0.717, 1.165) is 23.3 Å². The Morgan fingerprint density at radius 3 is 1.36 bits per heavy atom. The minimum atomic E-state index is -3.19. The molecule has 0 aliphatic carbocycles. The zero-order chi connectivity index (χ0) is 17.0. The number of hydrogen-bond donors (Lipinski definition) is 1. The van der Waals surface area contributed by atoms with Crippen LogP contribution in [0.25, 0.3) is 0 Å². The second kappa shape index (κ2) is 7.26. The molecule has 8 heteroatoms. The first-order valence-electron chi connectivity index (χ1n) is 5.95. The van der Waals surface area contributed by atoms with Crippen molar-refractivity contribution in [2.45, 2.75) is 14.7 Å². The van der Waals surface area contributed by atoms with Crippen LogP contribution in [0, 0.1) is 5.82 Å². The quantitative estimate of drug-likeness (QED) is 0.659. The Hall–Kier alpha value is -1.38. The molecular formula is C14H15FO4S3. The third kappa shape index (κ3) is 6.17. The van der Waals surface area contributed by atoms with Gasteiger partial charge < -0.3 is 0 Å². The molecule has 0 saturated heterocycles. The van der Waals surface area contributed by atoms with Gasteiger partial charge in [-0.15, -0.1) is 12.6 Å². The van der Waals surface area contributed by atoms with Crippen molar-refractivity contribution in [3.63, 3.8) is 0 Å². The van der Waals surface area contributed by atoms with Crippen LogP contribution in [0.2, 0.25) is 0 Å². The van der Waals surface area contributed by atoms with Gasteiger partial charge >= 0.3 is 0 Å². The van der Waals surface area contributed by atoms with Crippen LogP contribution in [0.4, 0.5) is 4.39 Å². The van der Waals surface area contributed by atoms with Crippen molar-refractivity contribution in [1.82, 2.24) is 0 Å². The molecule has 0 amide bonds. The molecule has 120 valence electrons. The Labute approximate surface area is 135 Å². The van der Waals surface area contributed by atoms with Gasteiger partial charge in [-0.3, -0.25) is 0 Å². The summed E-state index contributed by atoms with van der Waals surface area (Å²) in [6.07, 6.45) is 2.26. The second-order valence-electron chi connectivity index (χ2n) is 4.49. The van der Waals surface area contributed by atoms with Gasteiger partial charge in [0.15, 0.2) is 19.7 Å². The van der Waals surface area contributed by atoms with E-state index < -0.39 is 25.5 Å². The van der Waals surface area contributed by atoms with E-state index in [1.807, 2.05) is 0 Å². The fourth-order valence-corrected chi connectivity index (χ4v) is 2.79. The molecule has 0 radical (unpaired) electrons. The van der Waals surface area contributed by atoms with Crippen molar-refractivity contribution < 1.29 is 21.2 Å². The third-order valence-electron chi connectivity index (χ3n) is 2.51. The van der Waals surface area contributed by atoms with Crippen LogP contribution in [0.1, 0.15) is 0 Å². The van der Waals surface area contributed by atoms with E-state index in [1.54, 1.807) is 12.1 Å². The number of rotatable bonds is 2. The molecule has 0 fully saturated rings. The molecular weight excluding hydrogens is 347 g/mol. The summed E-state index contributed by atoms with van der Waals surface area (Å²) in [5.41, 5.74) is 0. The number of hydrogen-bond acceptors (Lipinski definition) is 5. The maximum atomic E-state index is 12.3. The summed E-state index contributed by atoms with van der Waals surface area (Å²) in [6, 6.07) is 11.1. The number of sulfone groups is 2. The van der Waals surface area contributed by atoms with Gasteiger partial charge in [-0.2, -0.15) is 0 Å². The predicted octanol–water partition coefficient (Wildman–Crippen LogP) is 2.61. The lowest BCUT2D eigenvalue weighted by molar-refractivity contribution is 0.599. The number of benzene rings is 2. The SMILES string of the molecule is CS(=O)(=O)c1ccc(F)cc1.CS(=O)(=O)c1ccc(S)cc1. The van der Waals surface area contributed by atoms with Gasteiger partial charge in [-0.1, -0.05) is 0 Å². The van der Waals surface area contributed by atoms with Crippen molar-refractivity contribution in [3.8, 4) is 0 Å². The molecule has 0 aromatic heterocycles. The highest BCUT2D eigenvalue weighted by Gasteiger charge is 2.05. The molecule has 0 saturated carbocycles. The summed E-state index contributed by atoms with van der Waals surface area (Å²) < 4.78 is 55.8. The molecule has 4 nitrogen and oxygen atoms in total. The van der Waals surface area contributed by atoms with Gasteiger partial charge in [-0.05, 0) is 48.5 Å². The Kier molecular flexibility index (Phi) is 6.16. The van der Waals surface area contributed by atoms with Crippen LogP contribution in [-0.4, -0.2) is 29.3 Å². The van der Waals surface area contributed by atoms with Gasteiger partial charge in [-0.25, -0.2) is 21.2 Å². The Bertz CT molecular complexity index is 751. The first-order chi connectivity index (χ1) is 10.00. The van der Waals surface area contributed by atoms with Crippen molar-refractivity contribution in [3.05, 3.63) is 54.3 Å².